The standard InChI is InChI=1S/C21H25N5O3/c1-25(2)12-13-29-17-7-5-6-16(14-17)15-22-20(27)10-11-26-21(28)18-8-3-4-9-19(18)23-24-26/h3-9,14H,10-13,15H2,1-2H3,(H,22,27). The maximum Gasteiger partial charge on any atom is 0.277 e. The summed E-state index contributed by atoms with van der Waals surface area (Å²) in [5, 5.41) is 11.3. The molecule has 1 N–H and O–H groups in total. The first kappa shape index (κ1) is 20.5. The lowest BCUT2D eigenvalue weighted by Crippen LogP contribution is -2.29. The molecule has 0 aliphatic heterocycles. The Bertz CT molecular complexity index is 1030. The Hall–Kier alpha value is -3.26. The van der Waals surface area contributed by atoms with Crippen LogP contribution in [0.15, 0.2) is 53.3 Å². The van der Waals surface area contributed by atoms with Crippen LogP contribution in [0.25, 0.3) is 10.9 Å². The lowest BCUT2D eigenvalue weighted by Gasteiger charge is -2.12. The fraction of sp³-hybridized carbons (Fsp3) is 0.333. The highest BCUT2D eigenvalue weighted by molar-refractivity contribution is 5.77. The zero-order valence-electron chi connectivity index (χ0n) is 16.7. The lowest BCUT2D eigenvalue weighted by atomic mass is 10.2. The topological polar surface area (TPSA) is 89.3 Å². The van der Waals surface area contributed by atoms with E-state index < -0.39 is 0 Å². The Labute approximate surface area is 169 Å². The molecule has 0 fully saturated rings. The van der Waals surface area contributed by atoms with Crippen molar-refractivity contribution < 1.29 is 9.53 Å². The highest BCUT2D eigenvalue weighted by atomic mass is 16.5. The van der Waals surface area contributed by atoms with Crippen LogP contribution in [0.1, 0.15) is 12.0 Å². The number of nitrogens with zero attached hydrogens (tertiary/aromatic N) is 4. The number of hydrogen-bond donors (Lipinski definition) is 1. The normalized spacial score (nSPS) is 11.0. The van der Waals surface area contributed by atoms with Gasteiger partial charge < -0.3 is 15.0 Å². The van der Waals surface area contributed by atoms with Crippen LogP contribution < -0.4 is 15.6 Å². The molecule has 1 aromatic heterocycles. The van der Waals surface area contributed by atoms with Gasteiger partial charge in [0.2, 0.25) is 5.91 Å². The van der Waals surface area contributed by atoms with Crippen LogP contribution in [0.3, 0.4) is 0 Å². The van der Waals surface area contributed by atoms with Gasteiger partial charge in [-0.25, -0.2) is 4.68 Å². The summed E-state index contributed by atoms with van der Waals surface area (Å²) in [6, 6.07) is 14.7. The summed E-state index contributed by atoms with van der Waals surface area (Å²) in [4.78, 5) is 26.6. The minimum absolute atomic E-state index is 0.145. The number of aryl methyl sites for hydroxylation is 1. The number of hydrogen-bond acceptors (Lipinski definition) is 6. The highest BCUT2D eigenvalue weighted by Crippen LogP contribution is 2.13. The Kier molecular flexibility index (Phi) is 6.91. The van der Waals surface area contributed by atoms with Crippen LogP contribution in [-0.2, 0) is 17.9 Å². The van der Waals surface area contributed by atoms with Crippen LogP contribution in [0.4, 0.5) is 0 Å². The molecule has 0 radical (unpaired) electrons. The summed E-state index contributed by atoms with van der Waals surface area (Å²) in [5.74, 6) is 0.613. The third-order valence-corrected chi connectivity index (χ3v) is 4.38. The van der Waals surface area contributed by atoms with E-state index in [2.05, 4.69) is 20.5 Å². The summed E-state index contributed by atoms with van der Waals surface area (Å²) in [7, 11) is 3.99. The smallest absolute Gasteiger partial charge is 0.277 e. The van der Waals surface area contributed by atoms with Crippen molar-refractivity contribution in [3.63, 3.8) is 0 Å². The summed E-state index contributed by atoms with van der Waals surface area (Å²) in [6.07, 6.45) is 0.145. The number of carbonyl (C=O) groups excluding carboxylic acids is 1. The maximum absolute atomic E-state index is 12.4. The number of likely N-dealkylation sites (N-methyl/N-ethyl adjacent to an activating group) is 1. The number of benzene rings is 2. The molecule has 8 heteroatoms. The molecule has 0 saturated heterocycles. The highest BCUT2D eigenvalue weighted by Gasteiger charge is 2.08. The molecule has 0 aliphatic rings. The van der Waals surface area contributed by atoms with E-state index in [9.17, 15) is 9.59 Å². The lowest BCUT2D eigenvalue weighted by molar-refractivity contribution is -0.121. The second-order valence-corrected chi connectivity index (χ2v) is 6.96. The molecule has 0 bridgehead atoms. The Morgan fingerprint density at radius 2 is 2.00 bits per heavy atom. The van der Waals surface area contributed by atoms with Crippen LogP contribution in [0, 0.1) is 0 Å². The first-order valence-electron chi connectivity index (χ1n) is 9.48. The molecular weight excluding hydrogens is 370 g/mol. The van der Waals surface area contributed by atoms with Crippen molar-refractivity contribution in [2.75, 3.05) is 27.2 Å². The number of nitrogens with one attached hydrogen (secondary N) is 1. The summed E-state index contributed by atoms with van der Waals surface area (Å²) >= 11 is 0. The number of aromatic nitrogens is 3. The van der Waals surface area contributed by atoms with E-state index in [0.29, 0.717) is 24.1 Å². The molecule has 3 aromatic rings. The van der Waals surface area contributed by atoms with Crippen molar-refractivity contribution in [3.8, 4) is 5.75 Å². The fourth-order valence-electron chi connectivity index (χ4n) is 2.76. The number of amides is 1. The molecule has 152 valence electrons. The summed E-state index contributed by atoms with van der Waals surface area (Å²) < 4.78 is 6.93. The van der Waals surface area contributed by atoms with Gasteiger partial charge >= 0.3 is 0 Å². The van der Waals surface area contributed by atoms with Gasteiger partial charge in [0.25, 0.3) is 5.56 Å². The predicted molar refractivity (Wildman–Crippen MR) is 111 cm³/mol. The van der Waals surface area contributed by atoms with Crippen molar-refractivity contribution in [1.29, 1.82) is 0 Å². The second-order valence-electron chi connectivity index (χ2n) is 6.96. The van der Waals surface area contributed by atoms with Crippen molar-refractivity contribution in [2.24, 2.45) is 0 Å². The Balaban J connectivity index is 1.50. The van der Waals surface area contributed by atoms with Gasteiger partial charge in [-0.05, 0) is 43.9 Å². The monoisotopic (exact) mass is 395 g/mol. The quantitative estimate of drug-likeness (QED) is 0.590. The average molecular weight is 395 g/mol. The molecule has 2 aromatic carbocycles. The van der Waals surface area contributed by atoms with Gasteiger partial charge in [0.05, 0.1) is 11.9 Å². The molecule has 0 unspecified atom stereocenters. The van der Waals surface area contributed by atoms with E-state index in [-0.39, 0.29) is 24.4 Å². The van der Waals surface area contributed by atoms with Crippen LogP contribution in [0.2, 0.25) is 0 Å². The molecule has 1 heterocycles. The van der Waals surface area contributed by atoms with E-state index in [1.165, 1.54) is 4.68 Å². The van der Waals surface area contributed by atoms with Gasteiger partial charge in [-0.2, -0.15) is 0 Å². The van der Waals surface area contributed by atoms with Crippen molar-refractivity contribution in [2.45, 2.75) is 19.5 Å². The zero-order chi connectivity index (χ0) is 20.6. The largest absolute Gasteiger partial charge is 0.492 e. The van der Waals surface area contributed by atoms with Gasteiger partial charge in [0.15, 0.2) is 0 Å². The number of fused-ring (bicyclic) bond motifs is 1. The van der Waals surface area contributed by atoms with Crippen molar-refractivity contribution in [3.05, 3.63) is 64.4 Å². The van der Waals surface area contributed by atoms with E-state index in [1.807, 2.05) is 38.4 Å². The molecule has 0 atom stereocenters. The second kappa shape index (κ2) is 9.79. The maximum atomic E-state index is 12.4. The van der Waals surface area contributed by atoms with E-state index in [1.54, 1.807) is 24.3 Å². The summed E-state index contributed by atoms with van der Waals surface area (Å²) in [6.45, 7) is 2.00. The fourth-order valence-corrected chi connectivity index (χ4v) is 2.76. The van der Waals surface area contributed by atoms with E-state index in [4.69, 9.17) is 4.74 Å². The van der Waals surface area contributed by atoms with Crippen LogP contribution >= 0.6 is 0 Å². The van der Waals surface area contributed by atoms with Gasteiger partial charge in [-0.3, -0.25) is 9.59 Å². The molecule has 0 saturated carbocycles. The first-order valence-corrected chi connectivity index (χ1v) is 9.48. The number of rotatable bonds is 9. The molecule has 29 heavy (non-hydrogen) atoms. The minimum Gasteiger partial charge on any atom is -0.492 e. The third-order valence-electron chi connectivity index (χ3n) is 4.38. The van der Waals surface area contributed by atoms with Crippen LogP contribution in [-0.4, -0.2) is 53.0 Å². The molecular formula is C21H25N5O3. The number of carbonyl (C=O) groups is 1. The molecule has 0 aliphatic carbocycles. The zero-order valence-corrected chi connectivity index (χ0v) is 16.7. The van der Waals surface area contributed by atoms with Crippen LogP contribution in [0.5, 0.6) is 5.75 Å². The van der Waals surface area contributed by atoms with E-state index in [0.717, 1.165) is 17.9 Å². The number of ether oxygens (including phenoxy) is 1. The average Bonchev–Trinajstić information content (AvgIpc) is 2.72. The van der Waals surface area contributed by atoms with Crippen molar-refractivity contribution >= 4 is 16.8 Å². The first-order chi connectivity index (χ1) is 14.0. The van der Waals surface area contributed by atoms with Gasteiger partial charge in [0, 0.05) is 19.5 Å². The van der Waals surface area contributed by atoms with Gasteiger partial charge in [-0.15, -0.1) is 5.10 Å². The van der Waals surface area contributed by atoms with Gasteiger partial charge in [0.1, 0.15) is 17.9 Å². The van der Waals surface area contributed by atoms with E-state index >= 15 is 0 Å². The predicted octanol–water partition coefficient (Wildman–Crippen LogP) is 1.44. The molecule has 3 rings (SSSR count). The summed E-state index contributed by atoms with van der Waals surface area (Å²) in [5.41, 5.74) is 1.25. The minimum atomic E-state index is -0.244. The SMILES string of the molecule is CN(C)CCOc1cccc(CNC(=O)CCn2nnc3ccccc3c2=O)c1. The Morgan fingerprint density at radius 1 is 1.17 bits per heavy atom. The van der Waals surface area contributed by atoms with Gasteiger partial charge in [-0.1, -0.05) is 29.5 Å². The molecule has 1 amide bonds. The molecule has 8 nitrogen and oxygen atoms in total. The molecule has 0 spiro atoms. The Morgan fingerprint density at radius 3 is 2.83 bits per heavy atom. The van der Waals surface area contributed by atoms with Crippen molar-refractivity contribution in [1.82, 2.24) is 25.2 Å². The third kappa shape index (κ3) is 5.86.